The normalized spacial score (nSPS) is 10.4. The summed E-state index contributed by atoms with van der Waals surface area (Å²) in [6, 6.07) is 1.89. The molecule has 0 atom stereocenters. The van der Waals surface area contributed by atoms with E-state index in [1.54, 1.807) is 12.0 Å². The maximum absolute atomic E-state index is 12.2. The van der Waals surface area contributed by atoms with Crippen LogP contribution in [0.1, 0.15) is 9.67 Å². The van der Waals surface area contributed by atoms with Crippen molar-refractivity contribution in [2.45, 2.75) is 0 Å². The van der Waals surface area contributed by atoms with Crippen molar-refractivity contribution >= 4 is 49.1 Å². The summed E-state index contributed by atoms with van der Waals surface area (Å²) in [7, 11) is 1.64. The van der Waals surface area contributed by atoms with Gasteiger partial charge < -0.3 is 9.64 Å². The second-order valence-electron chi connectivity index (χ2n) is 3.07. The summed E-state index contributed by atoms with van der Waals surface area (Å²) in [6.45, 7) is 1.86. The molecular weight excluding hydrogens is 358 g/mol. The van der Waals surface area contributed by atoms with Gasteiger partial charge in [-0.25, -0.2) is 0 Å². The van der Waals surface area contributed by atoms with Gasteiger partial charge in [0, 0.05) is 30.0 Å². The van der Waals surface area contributed by atoms with Crippen molar-refractivity contribution < 1.29 is 9.53 Å². The SMILES string of the molecule is COCCN(CCBr)C(=O)c1sccc1Br. The van der Waals surface area contributed by atoms with Gasteiger partial charge >= 0.3 is 0 Å². The third kappa shape index (κ3) is 3.84. The van der Waals surface area contributed by atoms with E-state index in [1.165, 1.54) is 11.3 Å². The molecule has 0 bridgehead atoms. The van der Waals surface area contributed by atoms with Crippen LogP contribution in [0, 0.1) is 0 Å². The lowest BCUT2D eigenvalue weighted by atomic mass is 10.4. The van der Waals surface area contributed by atoms with E-state index in [4.69, 9.17) is 4.74 Å². The number of carbonyl (C=O) groups excluding carboxylic acids is 1. The minimum absolute atomic E-state index is 0.0541. The third-order valence-electron chi connectivity index (χ3n) is 2.02. The number of ether oxygens (including phenoxy) is 1. The van der Waals surface area contributed by atoms with E-state index in [0.29, 0.717) is 19.7 Å². The van der Waals surface area contributed by atoms with Crippen molar-refractivity contribution in [3.05, 3.63) is 20.8 Å². The first-order chi connectivity index (χ1) is 7.70. The lowest BCUT2D eigenvalue weighted by Crippen LogP contribution is -2.35. The van der Waals surface area contributed by atoms with Gasteiger partial charge in [-0.1, -0.05) is 15.9 Å². The van der Waals surface area contributed by atoms with Crippen LogP contribution in [0.2, 0.25) is 0 Å². The molecule has 0 saturated carbocycles. The molecule has 0 saturated heterocycles. The molecule has 90 valence electrons. The number of amides is 1. The van der Waals surface area contributed by atoms with Crippen LogP contribution >= 0.6 is 43.2 Å². The van der Waals surface area contributed by atoms with Gasteiger partial charge in [0.2, 0.25) is 0 Å². The molecule has 1 aromatic rings. The molecule has 1 rings (SSSR count). The number of hydrogen-bond donors (Lipinski definition) is 0. The Labute approximate surface area is 116 Å². The number of carbonyl (C=O) groups is 1. The Morgan fingerprint density at radius 2 is 2.31 bits per heavy atom. The fraction of sp³-hybridized carbons (Fsp3) is 0.500. The second kappa shape index (κ2) is 7.42. The van der Waals surface area contributed by atoms with Crippen LogP contribution in [0.15, 0.2) is 15.9 Å². The molecule has 3 nitrogen and oxygen atoms in total. The van der Waals surface area contributed by atoms with Gasteiger partial charge in [0.25, 0.3) is 5.91 Å². The highest BCUT2D eigenvalue weighted by Crippen LogP contribution is 2.24. The van der Waals surface area contributed by atoms with Crippen LogP contribution in [-0.4, -0.2) is 42.9 Å². The molecule has 6 heteroatoms. The largest absolute Gasteiger partial charge is 0.383 e. The van der Waals surface area contributed by atoms with Crippen LogP contribution in [0.4, 0.5) is 0 Å². The van der Waals surface area contributed by atoms with E-state index in [9.17, 15) is 4.79 Å². The molecule has 0 fully saturated rings. The molecule has 1 amide bonds. The summed E-state index contributed by atoms with van der Waals surface area (Å²) >= 11 is 8.17. The third-order valence-corrected chi connectivity index (χ3v) is 4.20. The summed E-state index contributed by atoms with van der Waals surface area (Å²) in [4.78, 5) is 14.7. The van der Waals surface area contributed by atoms with Crippen molar-refractivity contribution in [1.29, 1.82) is 0 Å². The minimum atomic E-state index is 0.0541. The average Bonchev–Trinajstić information content (AvgIpc) is 2.69. The maximum Gasteiger partial charge on any atom is 0.265 e. The first-order valence-corrected chi connectivity index (χ1v) is 7.57. The van der Waals surface area contributed by atoms with Gasteiger partial charge in [0.05, 0.1) is 6.61 Å². The van der Waals surface area contributed by atoms with E-state index in [0.717, 1.165) is 14.7 Å². The van der Waals surface area contributed by atoms with Gasteiger partial charge in [-0.2, -0.15) is 0 Å². The van der Waals surface area contributed by atoms with Crippen LogP contribution in [0.25, 0.3) is 0 Å². The Hall–Kier alpha value is 0.0900. The monoisotopic (exact) mass is 369 g/mol. The lowest BCUT2D eigenvalue weighted by molar-refractivity contribution is 0.0713. The highest BCUT2D eigenvalue weighted by atomic mass is 79.9. The zero-order valence-electron chi connectivity index (χ0n) is 8.91. The predicted octanol–water partition coefficient (Wildman–Crippen LogP) is 2.99. The number of hydrogen-bond acceptors (Lipinski definition) is 3. The summed E-state index contributed by atoms with van der Waals surface area (Å²) in [5.41, 5.74) is 0. The summed E-state index contributed by atoms with van der Waals surface area (Å²) in [5.74, 6) is 0.0541. The maximum atomic E-state index is 12.2. The Kier molecular flexibility index (Phi) is 6.57. The number of methoxy groups -OCH3 is 1. The first kappa shape index (κ1) is 14.2. The van der Waals surface area contributed by atoms with E-state index < -0.39 is 0 Å². The van der Waals surface area contributed by atoms with E-state index >= 15 is 0 Å². The Morgan fingerprint density at radius 1 is 1.56 bits per heavy atom. The number of halogens is 2. The fourth-order valence-electron chi connectivity index (χ4n) is 1.21. The van der Waals surface area contributed by atoms with Crippen LogP contribution in [-0.2, 0) is 4.74 Å². The van der Waals surface area contributed by atoms with Crippen molar-refractivity contribution in [3.63, 3.8) is 0 Å². The highest BCUT2D eigenvalue weighted by Gasteiger charge is 2.18. The summed E-state index contributed by atoms with van der Waals surface area (Å²) < 4.78 is 5.86. The number of nitrogens with zero attached hydrogens (tertiary/aromatic N) is 1. The highest BCUT2D eigenvalue weighted by molar-refractivity contribution is 9.10. The van der Waals surface area contributed by atoms with Crippen molar-refractivity contribution in [2.75, 3.05) is 32.1 Å². The van der Waals surface area contributed by atoms with Crippen molar-refractivity contribution in [2.24, 2.45) is 0 Å². The molecule has 0 aliphatic rings. The molecule has 16 heavy (non-hydrogen) atoms. The second-order valence-corrected chi connectivity index (χ2v) is 5.64. The van der Waals surface area contributed by atoms with Crippen molar-refractivity contribution in [1.82, 2.24) is 4.90 Å². The number of alkyl halides is 1. The fourth-order valence-corrected chi connectivity index (χ4v) is 3.14. The van der Waals surface area contributed by atoms with E-state index in [-0.39, 0.29) is 5.91 Å². The molecule has 0 aliphatic carbocycles. The Morgan fingerprint density at radius 3 is 2.81 bits per heavy atom. The van der Waals surface area contributed by atoms with E-state index in [1.807, 2.05) is 11.4 Å². The van der Waals surface area contributed by atoms with Crippen molar-refractivity contribution in [3.8, 4) is 0 Å². The van der Waals surface area contributed by atoms with Gasteiger partial charge in [-0.15, -0.1) is 11.3 Å². The molecule has 0 aliphatic heterocycles. The smallest absolute Gasteiger partial charge is 0.265 e. The molecular formula is C10H13Br2NO2S. The molecule has 0 aromatic carbocycles. The van der Waals surface area contributed by atoms with Crippen LogP contribution < -0.4 is 0 Å². The van der Waals surface area contributed by atoms with Crippen LogP contribution in [0.5, 0.6) is 0 Å². The Bertz CT molecular complexity index is 343. The molecule has 1 aromatic heterocycles. The summed E-state index contributed by atoms with van der Waals surface area (Å²) in [6.07, 6.45) is 0. The average molecular weight is 371 g/mol. The number of rotatable bonds is 6. The predicted molar refractivity (Wildman–Crippen MR) is 73.6 cm³/mol. The standard InChI is InChI=1S/C10H13Br2NO2S/c1-15-6-5-13(4-3-11)10(14)9-8(12)2-7-16-9/h2,7H,3-6H2,1H3. The van der Waals surface area contributed by atoms with Crippen LogP contribution in [0.3, 0.4) is 0 Å². The number of thiophene rings is 1. The quantitative estimate of drug-likeness (QED) is 0.720. The molecule has 1 heterocycles. The van der Waals surface area contributed by atoms with Gasteiger partial charge in [-0.05, 0) is 27.4 Å². The molecule has 0 N–H and O–H groups in total. The van der Waals surface area contributed by atoms with E-state index in [2.05, 4.69) is 31.9 Å². The Balaban J connectivity index is 2.70. The van der Waals surface area contributed by atoms with Gasteiger partial charge in [0.1, 0.15) is 4.88 Å². The zero-order valence-corrected chi connectivity index (χ0v) is 12.9. The van der Waals surface area contributed by atoms with Gasteiger partial charge in [0.15, 0.2) is 0 Å². The topological polar surface area (TPSA) is 29.5 Å². The minimum Gasteiger partial charge on any atom is -0.383 e. The molecule has 0 spiro atoms. The first-order valence-electron chi connectivity index (χ1n) is 4.78. The molecule has 0 unspecified atom stereocenters. The zero-order chi connectivity index (χ0) is 12.0. The van der Waals surface area contributed by atoms with Gasteiger partial charge in [-0.3, -0.25) is 4.79 Å². The molecule has 0 radical (unpaired) electrons. The lowest BCUT2D eigenvalue weighted by Gasteiger charge is -2.20. The summed E-state index contributed by atoms with van der Waals surface area (Å²) in [5, 5.41) is 2.67.